The van der Waals surface area contributed by atoms with E-state index < -0.39 is 0 Å². The summed E-state index contributed by atoms with van der Waals surface area (Å²) in [7, 11) is 0. The van der Waals surface area contributed by atoms with Crippen molar-refractivity contribution in [2.24, 2.45) is 0 Å². The summed E-state index contributed by atoms with van der Waals surface area (Å²) in [5, 5.41) is 0.732. The summed E-state index contributed by atoms with van der Waals surface area (Å²) in [5.41, 5.74) is 2.18. The molecule has 0 amide bonds. The van der Waals surface area contributed by atoms with Crippen LogP contribution in [0.1, 0.15) is 5.56 Å². The number of aromatic nitrogens is 1. The molecule has 4 rings (SSSR count). The highest BCUT2D eigenvalue weighted by Gasteiger charge is 2.30. The van der Waals surface area contributed by atoms with Crippen molar-refractivity contribution in [1.29, 1.82) is 0 Å². The Balaban J connectivity index is 1.79. The molecule has 23 heavy (non-hydrogen) atoms. The Kier molecular flexibility index (Phi) is 4.04. The van der Waals surface area contributed by atoms with E-state index in [1.54, 1.807) is 0 Å². The number of hydrogen-bond acceptors (Lipinski definition) is 4. The van der Waals surface area contributed by atoms with E-state index in [0.29, 0.717) is 0 Å². The van der Waals surface area contributed by atoms with Crippen molar-refractivity contribution in [2.45, 2.75) is 6.17 Å². The third kappa shape index (κ3) is 2.85. The lowest BCUT2D eigenvalue weighted by Crippen LogP contribution is -2.51. The zero-order chi connectivity index (χ0) is 15.6. The second-order valence-corrected chi connectivity index (χ2v) is 6.12. The normalized spacial score (nSPS) is 21.3. The number of hydrogen-bond donors (Lipinski definition) is 0. The SMILES string of the molecule is Clc1cccc(N2c3ncccc3C=CC2N2CCOCC2)c1. The fourth-order valence-corrected chi connectivity index (χ4v) is 3.35. The van der Waals surface area contributed by atoms with Crippen molar-refractivity contribution >= 4 is 29.2 Å². The fraction of sp³-hybridized carbons (Fsp3) is 0.278. The molecule has 3 heterocycles. The van der Waals surface area contributed by atoms with Crippen molar-refractivity contribution in [3.8, 4) is 0 Å². The number of halogens is 1. The number of pyridine rings is 1. The van der Waals surface area contributed by atoms with Gasteiger partial charge in [-0.1, -0.05) is 23.7 Å². The molecule has 0 radical (unpaired) electrons. The van der Waals surface area contributed by atoms with Crippen molar-refractivity contribution in [3.05, 3.63) is 59.3 Å². The Morgan fingerprint density at radius 2 is 2.00 bits per heavy atom. The van der Waals surface area contributed by atoms with E-state index in [0.717, 1.165) is 48.4 Å². The summed E-state index contributed by atoms with van der Waals surface area (Å²) < 4.78 is 5.50. The second kappa shape index (κ2) is 6.32. The molecule has 0 spiro atoms. The lowest BCUT2D eigenvalue weighted by Gasteiger charge is -2.42. The number of ether oxygens (including phenoxy) is 1. The predicted molar refractivity (Wildman–Crippen MR) is 93.0 cm³/mol. The van der Waals surface area contributed by atoms with E-state index in [2.05, 4.69) is 39.1 Å². The molecule has 0 bridgehead atoms. The first-order valence-electron chi connectivity index (χ1n) is 7.83. The molecule has 2 aromatic rings. The van der Waals surface area contributed by atoms with Crippen molar-refractivity contribution in [1.82, 2.24) is 9.88 Å². The monoisotopic (exact) mass is 327 g/mol. The minimum absolute atomic E-state index is 0.125. The van der Waals surface area contributed by atoms with Gasteiger partial charge in [-0.3, -0.25) is 4.90 Å². The minimum Gasteiger partial charge on any atom is -0.379 e. The zero-order valence-corrected chi connectivity index (χ0v) is 13.5. The van der Waals surface area contributed by atoms with Gasteiger partial charge in [0.05, 0.1) is 13.2 Å². The number of nitrogens with zero attached hydrogens (tertiary/aromatic N) is 3. The van der Waals surface area contributed by atoms with Gasteiger partial charge in [-0.05, 0) is 36.4 Å². The lowest BCUT2D eigenvalue weighted by atomic mass is 10.1. The number of morpholine rings is 1. The minimum atomic E-state index is 0.125. The molecular weight excluding hydrogens is 310 g/mol. The number of fused-ring (bicyclic) bond motifs is 1. The first-order valence-corrected chi connectivity index (χ1v) is 8.20. The van der Waals surface area contributed by atoms with E-state index in [1.165, 1.54) is 0 Å². The number of benzene rings is 1. The van der Waals surface area contributed by atoms with E-state index in [9.17, 15) is 0 Å². The van der Waals surface area contributed by atoms with Crippen LogP contribution in [-0.4, -0.2) is 42.4 Å². The highest BCUT2D eigenvalue weighted by Crippen LogP contribution is 2.36. The molecule has 1 atom stereocenters. The van der Waals surface area contributed by atoms with Crippen LogP contribution in [0.2, 0.25) is 5.02 Å². The largest absolute Gasteiger partial charge is 0.379 e. The molecule has 4 nitrogen and oxygen atoms in total. The average Bonchev–Trinajstić information content (AvgIpc) is 2.61. The van der Waals surface area contributed by atoms with Gasteiger partial charge in [-0.15, -0.1) is 0 Å². The summed E-state index contributed by atoms with van der Waals surface area (Å²) in [6.07, 6.45) is 6.35. The molecule has 1 fully saturated rings. The Morgan fingerprint density at radius 1 is 1.13 bits per heavy atom. The van der Waals surface area contributed by atoms with Gasteiger partial charge in [0, 0.05) is 35.6 Å². The molecule has 1 unspecified atom stereocenters. The maximum Gasteiger partial charge on any atom is 0.141 e. The van der Waals surface area contributed by atoms with Crippen molar-refractivity contribution in [3.63, 3.8) is 0 Å². The average molecular weight is 328 g/mol. The van der Waals surface area contributed by atoms with Gasteiger partial charge in [-0.25, -0.2) is 4.98 Å². The summed E-state index contributed by atoms with van der Waals surface area (Å²) in [6.45, 7) is 3.36. The topological polar surface area (TPSA) is 28.6 Å². The molecule has 1 aromatic carbocycles. The third-order valence-corrected chi connectivity index (χ3v) is 4.50. The van der Waals surface area contributed by atoms with Crippen LogP contribution in [0.4, 0.5) is 11.5 Å². The van der Waals surface area contributed by atoms with Crippen LogP contribution in [0.3, 0.4) is 0 Å². The van der Waals surface area contributed by atoms with Gasteiger partial charge in [0.25, 0.3) is 0 Å². The van der Waals surface area contributed by atoms with E-state index in [4.69, 9.17) is 16.3 Å². The van der Waals surface area contributed by atoms with Crippen LogP contribution >= 0.6 is 11.6 Å². The lowest BCUT2D eigenvalue weighted by molar-refractivity contribution is 0.0266. The number of anilines is 2. The van der Waals surface area contributed by atoms with Crippen LogP contribution in [0, 0.1) is 0 Å². The maximum atomic E-state index is 6.23. The highest BCUT2D eigenvalue weighted by atomic mass is 35.5. The van der Waals surface area contributed by atoms with Crippen LogP contribution in [0.5, 0.6) is 0 Å². The van der Waals surface area contributed by atoms with Crippen LogP contribution in [-0.2, 0) is 4.74 Å². The van der Waals surface area contributed by atoms with Gasteiger partial charge in [0.2, 0.25) is 0 Å². The zero-order valence-electron chi connectivity index (χ0n) is 12.7. The molecule has 2 aliphatic rings. The molecule has 0 saturated carbocycles. The van der Waals surface area contributed by atoms with Gasteiger partial charge < -0.3 is 9.64 Å². The van der Waals surface area contributed by atoms with E-state index >= 15 is 0 Å². The quantitative estimate of drug-likeness (QED) is 0.843. The molecule has 118 valence electrons. The van der Waals surface area contributed by atoms with Crippen LogP contribution in [0.25, 0.3) is 6.08 Å². The van der Waals surface area contributed by atoms with Crippen molar-refractivity contribution in [2.75, 3.05) is 31.2 Å². The molecule has 0 aliphatic carbocycles. The van der Waals surface area contributed by atoms with Crippen molar-refractivity contribution < 1.29 is 4.74 Å². The Bertz CT molecular complexity index is 728. The first-order chi connectivity index (χ1) is 11.3. The summed E-state index contributed by atoms with van der Waals surface area (Å²) in [6, 6.07) is 12.0. The standard InChI is InChI=1S/C18H18ClN3O/c19-15-4-1-5-16(13-15)22-17(21-9-11-23-12-10-21)7-6-14-3-2-8-20-18(14)22/h1-8,13,17H,9-12H2. The summed E-state index contributed by atoms with van der Waals surface area (Å²) >= 11 is 6.23. The summed E-state index contributed by atoms with van der Waals surface area (Å²) in [4.78, 5) is 9.30. The van der Waals surface area contributed by atoms with Gasteiger partial charge in [-0.2, -0.15) is 0 Å². The molecule has 5 heteroatoms. The first kappa shape index (κ1) is 14.7. The van der Waals surface area contributed by atoms with Gasteiger partial charge >= 0.3 is 0 Å². The van der Waals surface area contributed by atoms with E-state index in [1.807, 2.05) is 30.5 Å². The third-order valence-electron chi connectivity index (χ3n) is 4.26. The summed E-state index contributed by atoms with van der Waals surface area (Å²) in [5.74, 6) is 0.966. The van der Waals surface area contributed by atoms with Crippen LogP contribution in [0.15, 0.2) is 48.7 Å². The maximum absolute atomic E-state index is 6.23. The molecule has 0 N–H and O–H groups in total. The molecular formula is C18H18ClN3O. The Morgan fingerprint density at radius 3 is 2.83 bits per heavy atom. The van der Waals surface area contributed by atoms with Crippen LogP contribution < -0.4 is 4.90 Å². The molecule has 1 saturated heterocycles. The number of rotatable bonds is 2. The fourth-order valence-electron chi connectivity index (χ4n) is 3.17. The van der Waals surface area contributed by atoms with Gasteiger partial charge in [0.1, 0.15) is 12.0 Å². The molecule has 2 aliphatic heterocycles. The highest BCUT2D eigenvalue weighted by molar-refractivity contribution is 6.30. The Labute approximate surface area is 140 Å². The molecule has 1 aromatic heterocycles. The smallest absolute Gasteiger partial charge is 0.141 e. The second-order valence-electron chi connectivity index (χ2n) is 5.69. The van der Waals surface area contributed by atoms with E-state index in [-0.39, 0.29) is 6.17 Å². The Hall–Kier alpha value is -1.88. The van der Waals surface area contributed by atoms with Gasteiger partial charge in [0.15, 0.2) is 0 Å². The predicted octanol–water partition coefficient (Wildman–Crippen LogP) is 3.56.